The molecule has 130 valence electrons. The first-order valence-corrected chi connectivity index (χ1v) is 7.60. The van der Waals surface area contributed by atoms with E-state index in [-0.39, 0.29) is 5.92 Å². The molecule has 7 heteroatoms. The first-order chi connectivity index (χ1) is 11.0. The maximum absolute atomic E-state index is 13.1. The lowest BCUT2D eigenvalue weighted by Gasteiger charge is -2.24. The van der Waals surface area contributed by atoms with E-state index in [1.165, 1.54) is 17.0 Å². The molecule has 0 saturated carbocycles. The summed E-state index contributed by atoms with van der Waals surface area (Å²) in [6.07, 6.45) is -4.48. The van der Waals surface area contributed by atoms with Crippen molar-refractivity contribution < 1.29 is 22.7 Å². The van der Waals surface area contributed by atoms with Crippen LogP contribution in [0.4, 0.5) is 18.0 Å². The molecule has 1 aliphatic rings. The van der Waals surface area contributed by atoms with Crippen molar-refractivity contribution in [1.82, 2.24) is 4.90 Å². The van der Waals surface area contributed by atoms with Crippen molar-refractivity contribution in [3.05, 3.63) is 34.9 Å². The highest BCUT2D eigenvalue weighted by Gasteiger charge is 2.36. The molecular weight excluding hydrogens is 321 g/mol. The van der Waals surface area contributed by atoms with Crippen molar-refractivity contribution >= 4 is 6.09 Å². The third-order valence-electron chi connectivity index (χ3n) is 3.78. The van der Waals surface area contributed by atoms with Crippen molar-refractivity contribution in [1.29, 1.82) is 5.26 Å². The average molecular weight is 340 g/mol. The summed E-state index contributed by atoms with van der Waals surface area (Å²) in [5.41, 5.74) is -1.47. The molecule has 1 aromatic rings. The van der Waals surface area contributed by atoms with Crippen molar-refractivity contribution in [3.8, 4) is 6.07 Å². The normalized spacial score (nSPS) is 18.4. The smallest absolute Gasteiger partial charge is 0.417 e. The number of hydrogen-bond donors (Lipinski definition) is 0. The number of halogens is 3. The Labute approximate surface area is 138 Å². The third-order valence-corrected chi connectivity index (χ3v) is 3.78. The Balaban J connectivity index is 2.17. The quantitative estimate of drug-likeness (QED) is 0.766. The van der Waals surface area contributed by atoms with E-state index in [0.717, 1.165) is 6.07 Å². The van der Waals surface area contributed by atoms with Gasteiger partial charge in [-0.2, -0.15) is 18.4 Å². The van der Waals surface area contributed by atoms with Crippen LogP contribution in [0.5, 0.6) is 0 Å². The molecule has 1 heterocycles. The highest BCUT2D eigenvalue weighted by atomic mass is 19.4. The number of nitriles is 1. The second kappa shape index (κ2) is 6.34. The summed E-state index contributed by atoms with van der Waals surface area (Å²) in [6, 6.07) is 5.30. The topological polar surface area (TPSA) is 53.3 Å². The summed E-state index contributed by atoms with van der Waals surface area (Å²) < 4.78 is 44.5. The van der Waals surface area contributed by atoms with Gasteiger partial charge in [-0.05, 0) is 44.9 Å². The van der Waals surface area contributed by atoms with Gasteiger partial charge in [0.1, 0.15) is 5.60 Å². The minimum atomic E-state index is -4.58. The Hall–Kier alpha value is -2.23. The molecule has 0 aliphatic carbocycles. The minimum absolute atomic E-state index is 0.202. The van der Waals surface area contributed by atoms with Crippen LogP contribution in [0.25, 0.3) is 0 Å². The lowest BCUT2D eigenvalue weighted by atomic mass is 9.94. The summed E-state index contributed by atoms with van der Waals surface area (Å²) in [5.74, 6) is -0.202. The molecule has 2 rings (SSSR count). The van der Waals surface area contributed by atoms with Crippen LogP contribution < -0.4 is 0 Å². The number of benzene rings is 1. The highest BCUT2D eigenvalue weighted by Crippen LogP contribution is 2.36. The molecule has 0 aromatic heterocycles. The third kappa shape index (κ3) is 4.19. The molecular formula is C17H19F3N2O2. The van der Waals surface area contributed by atoms with Gasteiger partial charge in [0, 0.05) is 19.0 Å². The number of ether oxygens (including phenoxy) is 1. The second-order valence-corrected chi connectivity index (χ2v) is 6.83. The van der Waals surface area contributed by atoms with Crippen LogP contribution in [0.3, 0.4) is 0 Å². The Bertz CT molecular complexity index is 672. The van der Waals surface area contributed by atoms with E-state index in [1.807, 2.05) is 0 Å². The van der Waals surface area contributed by atoms with Crippen LogP contribution in [-0.2, 0) is 10.9 Å². The molecule has 1 aliphatic heterocycles. The number of nitrogens with zero attached hydrogens (tertiary/aromatic N) is 2. The van der Waals surface area contributed by atoms with Gasteiger partial charge in [0.2, 0.25) is 0 Å². The molecule has 1 saturated heterocycles. The molecule has 1 amide bonds. The SMILES string of the molecule is CC(C)(C)OC(=O)N1CCC(c2ccc(C#N)c(C(F)(F)F)c2)C1. The zero-order chi connectivity index (χ0) is 18.1. The van der Waals surface area contributed by atoms with E-state index in [1.54, 1.807) is 26.8 Å². The van der Waals surface area contributed by atoms with Crippen LogP contribution in [-0.4, -0.2) is 29.7 Å². The molecule has 1 fully saturated rings. The summed E-state index contributed by atoms with van der Waals surface area (Å²) in [5, 5.41) is 8.84. The molecule has 1 atom stereocenters. The molecule has 1 aromatic carbocycles. The van der Waals surface area contributed by atoms with E-state index >= 15 is 0 Å². The maximum atomic E-state index is 13.1. The largest absolute Gasteiger partial charge is 0.444 e. The molecule has 0 N–H and O–H groups in total. The van der Waals surface area contributed by atoms with Crippen molar-refractivity contribution in [3.63, 3.8) is 0 Å². The van der Waals surface area contributed by atoms with Gasteiger partial charge in [0.15, 0.2) is 0 Å². The van der Waals surface area contributed by atoms with E-state index in [9.17, 15) is 18.0 Å². The van der Waals surface area contributed by atoms with E-state index in [0.29, 0.717) is 25.1 Å². The first kappa shape index (κ1) is 18.1. The number of likely N-dealkylation sites (tertiary alicyclic amines) is 1. The molecule has 0 bridgehead atoms. The maximum Gasteiger partial charge on any atom is 0.417 e. The average Bonchev–Trinajstić information content (AvgIpc) is 2.93. The predicted molar refractivity (Wildman–Crippen MR) is 81.3 cm³/mol. The Morgan fingerprint density at radius 1 is 1.33 bits per heavy atom. The van der Waals surface area contributed by atoms with Crippen molar-refractivity contribution in [2.24, 2.45) is 0 Å². The number of carbonyl (C=O) groups is 1. The van der Waals surface area contributed by atoms with E-state index in [4.69, 9.17) is 10.00 Å². The summed E-state index contributed by atoms with van der Waals surface area (Å²) in [7, 11) is 0. The van der Waals surface area contributed by atoms with Gasteiger partial charge in [-0.3, -0.25) is 0 Å². The zero-order valence-corrected chi connectivity index (χ0v) is 13.8. The van der Waals surface area contributed by atoms with Crippen LogP contribution in [0.2, 0.25) is 0 Å². The fourth-order valence-corrected chi connectivity index (χ4v) is 2.67. The van der Waals surface area contributed by atoms with E-state index in [2.05, 4.69) is 0 Å². The Morgan fingerprint density at radius 3 is 2.54 bits per heavy atom. The van der Waals surface area contributed by atoms with Crippen molar-refractivity contribution in [2.75, 3.05) is 13.1 Å². The lowest BCUT2D eigenvalue weighted by Crippen LogP contribution is -2.35. The van der Waals surface area contributed by atoms with Crippen LogP contribution >= 0.6 is 0 Å². The Morgan fingerprint density at radius 2 is 2.00 bits per heavy atom. The van der Waals surface area contributed by atoms with Crippen LogP contribution in [0.15, 0.2) is 18.2 Å². The van der Waals surface area contributed by atoms with Gasteiger partial charge < -0.3 is 9.64 Å². The number of carbonyl (C=O) groups excluding carboxylic acids is 1. The summed E-state index contributed by atoms with van der Waals surface area (Å²) in [4.78, 5) is 13.5. The molecule has 24 heavy (non-hydrogen) atoms. The standard InChI is InChI=1S/C17H19F3N2O2/c1-16(2,3)24-15(23)22-7-6-13(10-22)11-4-5-12(9-21)14(8-11)17(18,19)20/h4-5,8,13H,6-7,10H2,1-3H3. The van der Waals surface area contributed by atoms with Crippen molar-refractivity contribution in [2.45, 2.75) is 44.9 Å². The fraction of sp³-hybridized carbons (Fsp3) is 0.529. The number of hydrogen-bond acceptors (Lipinski definition) is 3. The van der Waals surface area contributed by atoms with Crippen LogP contribution in [0, 0.1) is 11.3 Å². The fourth-order valence-electron chi connectivity index (χ4n) is 2.67. The van der Waals surface area contributed by atoms with E-state index < -0.39 is 29.0 Å². The second-order valence-electron chi connectivity index (χ2n) is 6.83. The highest BCUT2D eigenvalue weighted by molar-refractivity contribution is 5.68. The zero-order valence-electron chi connectivity index (χ0n) is 13.8. The molecule has 4 nitrogen and oxygen atoms in total. The monoisotopic (exact) mass is 340 g/mol. The van der Waals surface area contributed by atoms with Gasteiger partial charge >= 0.3 is 12.3 Å². The first-order valence-electron chi connectivity index (χ1n) is 7.60. The minimum Gasteiger partial charge on any atom is -0.444 e. The molecule has 0 radical (unpaired) electrons. The van der Waals surface area contributed by atoms with Gasteiger partial charge in [-0.15, -0.1) is 0 Å². The van der Waals surface area contributed by atoms with Gasteiger partial charge in [-0.1, -0.05) is 6.07 Å². The number of rotatable bonds is 1. The lowest BCUT2D eigenvalue weighted by molar-refractivity contribution is -0.137. The van der Waals surface area contributed by atoms with Crippen LogP contribution in [0.1, 0.15) is 49.8 Å². The summed E-state index contributed by atoms with van der Waals surface area (Å²) >= 11 is 0. The van der Waals surface area contributed by atoms with Gasteiger partial charge in [-0.25, -0.2) is 4.79 Å². The Kier molecular flexibility index (Phi) is 4.79. The predicted octanol–water partition coefficient (Wildman–Crippen LogP) is 4.30. The molecule has 1 unspecified atom stereocenters. The van der Waals surface area contributed by atoms with Gasteiger partial charge in [0.05, 0.1) is 17.2 Å². The molecule has 0 spiro atoms. The van der Waals surface area contributed by atoms with Gasteiger partial charge in [0.25, 0.3) is 0 Å². The number of amides is 1. The summed E-state index contributed by atoms with van der Waals surface area (Å²) in [6.45, 7) is 6.01. The number of alkyl halides is 3.